The molecule has 0 radical (unpaired) electrons. The van der Waals surface area contributed by atoms with Crippen LogP contribution in [0.1, 0.15) is 24.2 Å². The number of aliphatic hydroxyl groups is 1. The van der Waals surface area contributed by atoms with Gasteiger partial charge in [0.15, 0.2) is 0 Å². The Labute approximate surface area is 224 Å². The van der Waals surface area contributed by atoms with E-state index in [1.807, 2.05) is 0 Å². The van der Waals surface area contributed by atoms with Crippen molar-refractivity contribution in [1.82, 2.24) is 0 Å². The molecule has 11 heteroatoms. The van der Waals surface area contributed by atoms with Crippen molar-refractivity contribution in [2.75, 3.05) is 23.7 Å². The zero-order valence-corrected chi connectivity index (χ0v) is 22.4. The van der Waals surface area contributed by atoms with E-state index in [9.17, 15) is 23.4 Å². The molecular weight excluding hydrogens is 534 g/mol. The fourth-order valence-electron chi connectivity index (χ4n) is 3.94. The van der Waals surface area contributed by atoms with Crippen molar-refractivity contribution in [3.05, 3.63) is 71.2 Å². The minimum Gasteiger partial charge on any atom is -0.489 e. The highest BCUT2D eigenvalue weighted by Crippen LogP contribution is 2.41. The Morgan fingerprint density at radius 3 is 2.18 bits per heavy atom. The summed E-state index contributed by atoms with van der Waals surface area (Å²) in [7, 11) is -3.80. The van der Waals surface area contributed by atoms with Gasteiger partial charge in [0, 0.05) is 22.0 Å². The number of aliphatic hydroxyl groups excluding tert-OH is 1. The molecular formula is C27H26ClNO8S. The number of furan rings is 1. The molecule has 1 aromatic heterocycles. The summed E-state index contributed by atoms with van der Waals surface area (Å²) in [6.07, 6.45) is 0.671. The molecule has 0 bridgehead atoms. The van der Waals surface area contributed by atoms with Gasteiger partial charge in [-0.15, -0.1) is 0 Å². The monoisotopic (exact) mass is 559 g/mol. The highest BCUT2D eigenvalue weighted by molar-refractivity contribution is 7.92. The van der Waals surface area contributed by atoms with E-state index in [-0.39, 0.29) is 46.4 Å². The molecule has 0 atom stereocenters. The molecule has 200 valence electrons. The summed E-state index contributed by atoms with van der Waals surface area (Å²) in [5.74, 6) is 0.116. The van der Waals surface area contributed by atoms with Gasteiger partial charge in [0.25, 0.3) is 0 Å². The first-order valence-corrected chi connectivity index (χ1v) is 13.8. The molecule has 1 heterocycles. The van der Waals surface area contributed by atoms with Gasteiger partial charge >= 0.3 is 5.97 Å². The Balaban J connectivity index is 1.82. The summed E-state index contributed by atoms with van der Waals surface area (Å²) in [4.78, 5) is 12.3. The normalized spacial score (nSPS) is 11.6. The highest BCUT2D eigenvalue weighted by atomic mass is 35.5. The first kappa shape index (κ1) is 27.3. The van der Waals surface area contributed by atoms with E-state index in [0.29, 0.717) is 22.1 Å². The average Bonchev–Trinajstić information content (AvgIpc) is 3.21. The van der Waals surface area contributed by atoms with E-state index in [1.54, 1.807) is 62.4 Å². The van der Waals surface area contributed by atoms with Crippen molar-refractivity contribution in [3.8, 4) is 28.6 Å². The van der Waals surface area contributed by atoms with Gasteiger partial charge in [0.2, 0.25) is 10.0 Å². The molecule has 0 aliphatic carbocycles. The van der Waals surface area contributed by atoms with Crippen molar-refractivity contribution in [2.24, 2.45) is 0 Å². The molecule has 0 saturated heterocycles. The van der Waals surface area contributed by atoms with Crippen LogP contribution in [0, 0.1) is 0 Å². The van der Waals surface area contributed by atoms with Crippen LogP contribution in [0.4, 0.5) is 5.69 Å². The fourth-order valence-corrected chi connectivity index (χ4v) is 4.98. The summed E-state index contributed by atoms with van der Waals surface area (Å²) in [6, 6.07) is 16.4. The smallest absolute Gasteiger partial charge is 0.340 e. The molecule has 0 saturated carbocycles. The van der Waals surface area contributed by atoms with E-state index in [0.717, 1.165) is 10.6 Å². The predicted molar refractivity (Wildman–Crippen MR) is 145 cm³/mol. The lowest BCUT2D eigenvalue weighted by Crippen LogP contribution is -2.33. The quantitative estimate of drug-likeness (QED) is 0.250. The second kappa shape index (κ2) is 10.9. The van der Waals surface area contributed by atoms with Gasteiger partial charge in [-0.2, -0.15) is 0 Å². The van der Waals surface area contributed by atoms with E-state index in [1.165, 1.54) is 12.1 Å². The minimum atomic E-state index is -3.80. The van der Waals surface area contributed by atoms with Gasteiger partial charge in [-0.05, 0) is 68.4 Å². The van der Waals surface area contributed by atoms with Crippen LogP contribution >= 0.6 is 11.6 Å². The number of rotatable bonds is 10. The van der Waals surface area contributed by atoms with Gasteiger partial charge in [-0.1, -0.05) is 11.6 Å². The summed E-state index contributed by atoms with van der Waals surface area (Å²) in [5.41, 5.74) is 0.660. The fraction of sp³-hybridized carbons (Fsp3) is 0.222. The van der Waals surface area contributed by atoms with Crippen molar-refractivity contribution < 1.29 is 37.3 Å². The number of sulfonamides is 1. The van der Waals surface area contributed by atoms with E-state index < -0.39 is 22.6 Å². The number of hydrogen-bond donors (Lipinski definition) is 2. The number of anilines is 1. The second-order valence-corrected chi connectivity index (χ2v) is 11.1. The van der Waals surface area contributed by atoms with E-state index in [2.05, 4.69) is 0 Å². The number of fused-ring (bicyclic) bond motifs is 1. The average molecular weight is 560 g/mol. The van der Waals surface area contributed by atoms with E-state index in [4.69, 9.17) is 25.5 Å². The minimum absolute atomic E-state index is 0.0891. The first-order chi connectivity index (χ1) is 18.0. The van der Waals surface area contributed by atoms with Crippen molar-refractivity contribution in [2.45, 2.75) is 20.0 Å². The number of hydrogen-bond acceptors (Lipinski definition) is 7. The van der Waals surface area contributed by atoms with Gasteiger partial charge in [0.05, 0.1) is 31.2 Å². The molecule has 0 fully saturated rings. The van der Waals surface area contributed by atoms with E-state index >= 15 is 0 Å². The molecule has 0 unspecified atom stereocenters. The van der Waals surface area contributed by atoms with Crippen molar-refractivity contribution in [1.29, 1.82) is 0 Å². The number of ether oxygens (including phenoxy) is 2. The number of aromatic carboxylic acids is 1. The second-order valence-electron chi connectivity index (χ2n) is 8.73. The van der Waals surface area contributed by atoms with Crippen molar-refractivity contribution in [3.63, 3.8) is 0 Å². The van der Waals surface area contributed by atoms with Gasteiger partial charge in [0.1, 0.15) is 34.2 Å². The van der Waals surface area contributed by atoms with Crippen molar-refractivity contribution >= 4 is 44.3 Å². The van der Waals surface area contributed by atoms with Crippen LogP contribution in [0.15, 0.2) is 65.1 Å². The summed E-state index contributed by atoms with van der Waals surface area (Å²) in [5, 5.41) is 20.4. The lowest BCUT2D eigenvalue weighted by Gasteiger charge is -2.24. The number of halogens is 1. The molecule has 3 aromatic carbocycles. The maximum atomic E-state index is 12.5. The first-order valence-electron chi connectivity index (χ1n) is 11.6. The summed E-state index contributed by atoms with van der Waals surface area (Å²) >= 11 is 5.91. The van der Waals surface area contributed by atoms with Crippen LogP contribution in [0.25, 0.3) is 22.3 Å². The molecule has 0 spiro atoms. The lowest BCUT2D eigenvalue weighted by molar-refractivity contribution is 0.0699. The van der Waals surface area contributed by atoms with Gasteiger partial charge in [-0.25, -0.2) is 13.2 Å². The Kier molecular flexibility index (Phi) is 7.86. The topological polar surface area (TPSA) is 127 Å². The molecule has 0 amide bonds. The van der Waals surface area contributed by atoms with Crippen LogP contribution in [0.2, 0.25) is 5.02 Å². The number of benzene rings is 3. The maximum absolute atomic E-state index is 12.5. The maximum Gasteiger partial charge on any atom is 0.340 e. The van der Waals surface area contributed by atoms with Crippen LogP contribution in [0.3, 0.4) is 0 Å². The Bertz CT molecular complexity index is 1560. The third kappa shape index (κ3) is 5.88. The molecule has 4 aromatic rings. The molecule has 4 rings (SSSR count). The Hall–Kier alpha value is -3.73. The van der Waals surface area contributed by atoms with Crippen LogP contribution in [-0.4, -0.2) is 50.1 Å². The number of nitrogens with zero attached hydrogens (tertiary/aromatic N) is 1. The predicted octanol–water partition coefficient (Wildman–Crippen LogP) is 5.79. The van der Waals surface area contributed by atoms with Gasteiger partial charge in [-0.3, -0.25) is 4.31 Å². The SMILES string of the molecule is CC(C)Oc1cc2c(C(=O)O)c(-c3ccc(Oc4ccc(Cl)cc4)cc3)oc2cc1N(CCO)S(C)(=O)=O. The zero-order chi connectivity index (χ0) is 27.6. The van der Waals surface area contributed by atoms with Crippen LogP contribution < -0.4 is 13.8 Å². The third-order valence-electron chi connectivity index (χ3n) is 5.48. The summed E-state index contributed by atoms with van der Waals surface area (Å²) in [6.45, 7) is 2.88. The number of carboxylic acids is 1. The largest absolute Gasteiger partial charge is 0.489 e. The Morgan fingerprint density at radius 2 is 1.66 bits per heavy atom. The van der Waals surface area contributed by atoms with Crippen LogP contribution in [-0.2, 0) is 10.0 Å². The molecule has 2 N–H and O–H groups in total. The molecule has 9 nitrogen and oxygen atoms in total. The standard InChI is InChI=1S/C27H26ClNO8S/c1-16(2)35-24-14-21-23(15-22(24)29(12-13-30)38(3,33)34)37-26(25(21)27(31)32)17-4-8-19(9-5-17)36-20-10-6-18(28)7-11-20/h4-11,14-16,30H,12-13H2,1-3H3,(H,31,32). The Morgan fingerprint density at radius 1 is 1.05 bits per heavy atom. The molecule has 0 aliphatic heterocycles. The number of carboxylic acid groups (broad SMARTS) is 1. The highest BCUT2D eigenvalue weighted by Gasteiger charge is 2.27. The molecule has 0 aliphatic rings. The van der Waals surface area contributed by atoms with Crippen LogP contribution in [0.5, 0.6) is 17.2 Å². The third-order valence-corrected chi connectivity index (χ3v) is 6.92. The van der Waals surface area contributed by atoms with Gasteiger partial charge < -0.3 is 24.1 Å². The number of carbonyl (C=O) groups is 1. The lowest BCUT2D eigenvalue weighted by atomic mass is 10.0. The molecule has 38 heavy (non-hydrogen) atoms. The summed E-state index contributed by atoms with van der Waals surface area (Å²) < 4.78 is 43.6. The zero-order valence-electron chi connectivity index (χ0n) is 20.8.